The highest BCUT2D eigenvalue weighted by molar-refractivity contribution is 5.93. The lowest BCUT2D eigenvalue weighted by atomic mass is 10.2. The van der Waals surface area contributed by atoms with E-state index >= 15 is 0 Å². The fraction of sp³-hybridized carbons (Fsp3) is 0.722. The van der Waals surface area contributed by atoms with Gasteiger partial charge in [0.15, 0.2) is 0 Å². The number of alkyl halides is 3. The number of rotatable bonds is 11. The Hall–Kier alpha value is -2.62. The van der Waals surface area contributed by atoms with E-state index in [0.29, 0.717) is 6.42 Å². The number of aliphatic hydroxyl groups is 3. The minimum absolute atomic E-state index is 0.0455. The van der Waals surface area contributed by atoms with Gasteiger partial charge in [0.05, 0.1) is 12.7 Å². The molecule has 2 unspecified atom stereocenters. The van der Waals surface area contributed by atoms with Gasteiger partial charge in [-0.25, -0.2) is 0 Å². The van der Waals surface area contributed by atoms with E-state index in [1.165, 1.54) is 11.1 Å². The van der Waals surface area contributed by atoms with Crippen LogP contribution in [0.2, 0.25) is 0 Å². The van der Waals surface area contributed by atoms with Crippen LogP contribution in [0.4, 0.5) is 13.2 Å². The van der Waals surface area contributed by atoms with Gasteiger partial charge in [0.25, 0.3) is 5.91 Å². The van der Waals surface area contributed by atoms with E-state index in [2.05, 4.69) is 16.0 Å². The lowest BCUT2D eigenvalue weighted by molar-refractivity contribution is -0.173. The number of halogens is 3. The van der Waals surface area contributed by atoms with Crippen molar-refractivity contribution in [2.24, 2.45) is 0 Å². The van der Waals surface area contributed by atoms with E-state index in [1.54, 1.807) is 5.32 Å². The van der Waals surface area contributed by atoms with Gasteiger partial charge in [-0.15, -0.1) is 0 Å². The van der Waals surface area contributed by atoms with Crippen LogP contribution in [0.25, 0.3) is 0 Å². The van der Waals surface area contributed by atoms with Crippen molar-refractivity contribution in [1.29, 1.82) is 0 Å². The third-order valence-corrected chi connectivity index (χ3v) is 4.89. The van der Waals surface area contributed by atoms with Crippen LogP contribution >= 0.6 is 0 Å². The second-order valence-corrected chi connectivity index (χ2v) is 7.44. The van der Waals surface area contributed by atoms with Crippen LogP contribution in [0.1, 0.15) is 25.7 Å². The molecule has 33 heavy (non-hydrogen) atoms. The highest BCUT2D eigenvalue weighted by atomic mass is 19.4. The van der Waals surface area contributed by atoms with Crippen LogP contribution in [0.15, 0.2) is 11.9 Å². The SMILES string of the molecule is O=C(CCCNC(=O)C(F)(F)F)NCCCNC(=O)C1=CN(C2C[C@H](O)[C@@H](CO)O2)C(O)N1. The maximum absolute atomic E-state index is 12.2. The predicted molar refractivity (Wildman–Crippen MR) is 104 cm³/mol. The molecule has 2 heterocycles. The Balaban J connectivity index is 1.60. The topological polar surface area (TPSA) is 172 Å². The van der Waals surface area contributed by atoms with Crippen molar-refractivity contribution in [1.82, 2.24) is 26.2 Å². The third-order valence-electron chi connectivity index (χ3n) is 4.89. The zero-order valence-electron chi connectivity index (χ0n) is 17.6. The molecule has 188 valence electrons. The van der Waals surface area contributed by atoms with Gasteiger partial charge >= 0.3 is 12.1 Å². The largest absolute Gasteiger partial charge is 0.471 e. The lowest BCUT2D eigenvalue weighted by Gasteiger charge is -2.26. The average Bonchev–Trinajstić information content (AvgIpc) is 3.31. The predicted octanol–water partition coefficient (Wildman–Crippen LogP) is -2.44. The molecule has 0 saturated carbocycles. The van der Waals surface area contributed by atoms with Gasteiger partial charge in [-0.3, -0.25) is 14.4 Å². The molecule has 0 aromatic carbocycles. The van der Waals surface area contributed by atoms with Crippen LogP contribution in [-0.2, 0) is 19.1 Å². The molecule has 2 aliphatic heterocycles. The van der Waals surface area contributed by atoms with Crippen LogP contribution in [0.3, 0.4) is 0 Å². The number of amides is 3. The van der Waals surface area contributed by atoms with Crippen molar-refractivity contribution < 1.29 is 47.6 Å². The normalized spacial score (nSPS) is 24.8. The highest BCUT2D eigenvalue weighted by Crippen LogP contribution is 2.26. The Labute approximate surface area is 187 Å². The number of ether oxygens (including phenoxy) is 1. The summed E-state index contributed by atoms with van der Waals surface area (Å²) in [7, 11) is 0. The molecule has 0 bridgehead atoms. The smallest absolute Gasteiger partial charge is 0.394 e. The first-order chi connectivity index (χ1) is 15.5. The Kier molecular flexibility index (Phi) is 9.70. The van der Waals surface area contributed by atoms with E-state index in [4.69, 9.17) is 9.84 Å². The zero-order valence-corrected chi connectivity index (χ0v) is 17.6. The Morgan fingerprint density at radius 1 is 1.12 bits per heavy atom. The molecule has 1 fully saturated rings. The molecule has 0 radical (unpaired) electrons. The van der Waals surface area contributed by atoms with Gasteiger partial charge in [0.1, 0.15) is 18.0 Å². The molecule has 4 atom stereocenters. The van der Waals surface area contributed by atoms with Crippen molar-refractivity contribution in [3.8, 4) is 0 Å². The first-order valence-electron chi connectivity index (χ1n) is 10.3. The Morgan fingerprint density at radius 3 is 2.42 bits per heavy atom. The minimum Gasteiger partial charge on any atom is -0.394 e. The highest BCUT2D eigenvalue weighted by Gasteiger charge is 2.40. The van der Waals surface area contributed by atoms with Gasteiger partial charge in [0.2, 0.25) is 12.3 Å². The van der Waals surface area contributed by atoms with Gasteiger partial charge in [-0.1, -0.05) is 0 Å². The monoisotopic (exact) mass is 483 g/mol. The zero-order chi connectivity index (χ0) is 24.6. The molecule has 0 spiro atoms. The number of hydrogen-bond donors (Lipinski definition) is 7. The van der Waals surface area contributed by atoms with E-state index in [-0.39, 0.29) is 51.2 Å². The van der Waals surface area contributed by atoms with Crippen LogP contribution in [0.5, 0.6) is 0 Å². The number of nitrogens with zero attached hydrogens (tertiary/aromatic N) is 1. The molecule has 0 aliphatic carbocycles. The first-order valence-corrected chi connectivity index (χ1v) is 10.3. The molecule has 7 N–H and O–H groups in total. The summed E-state index contributed by atoms with van der Waals surface area (Å²) >= 11 is 0. The maximum Gasteiger partial charge on any atom is 0.471 e. The average molecular weight is 483 g/mol. The summed E-state index contributed by atoms with van der Waals surface area (Å²) in [6, 6.07) is 0. The van der Waals surface area contributed by atoms with Crippen molar-refractivity contribution in [3.63, 3.8) is 0 Å². The molecule has 15 heteroatoms. The summed E-state index contributed by atoms with van der Waals surface area (Å²) in [5.74, 6) is -2.97. The van der Waals surface area contributed by atoms with Gasteiger partial charge in [-0.2, -0.15) is 13.2 Å². The summed E-state index contributed by atoms with van der Waals surface area (Å²) in [6.45, 7) is -0.248. The van der Waals surface area contributed by atoms with E-state index < -0.39 is 48.7 Å². The molecule has 1 saturated heterocycles. The fourth-order valence-corrected chi connectivity index (χ4v) is 3.15. The van der Waals surface area contributed by atoms with Gasteiger partial charge in [-0.05, 0) is 12.8 Å². The van der Waals surface area contributed by atoms with Crippen molar-refractivity contribution >= 4 is 17.7 Å². The van der Waals surface area contributed by atoms with Crippen LogP contribution < -0.4 is 21.3 Å². The summed E-state index contributed by atoms with van der Waals surface area (Å²) < 4.78 is 41.5. The lowest BCUT2D eigenvalue weighted by Crippen LogP contribution is -2.43. The molecule has 2 aliphatic rings. The Morgan fingerprint density at radius 2 is 1.79 bits per heavy atom. The maximum atomic E-state index is 12.2. The van der Waals surface area contributed by atoms with Crippen molar-refractivity contribution in [2.75, 3.05) is 26.2 Å². The quantitative estimate of drug-likeness (QED) is 0.158. The van der Waals surface area contributed by atoms with E-state index in [1.807, 2.05) is 0 Å². The van der Waals surface area contributed by atoms with Gasteiger partial charge in [0, 0.05) is 38.7 Å². The standard InChI is InChI=1S/C18H28F3N5O7/c19-18(20,21)16(31)24-4-1-3-13(29)22-5-2-6-23-15(30)10-8-26(17(32)25-10)14-7-11(28)12(9-27)33-14/h8,11-12,14,17,25,27-28,32H,1-7,9H2,(H,22,29)(H,23,30)(H,24,31)/t11-,12+,14?,17?/m0/s1. The van der Waals surface area contributed by atoms with E-state index in [0.717, 1.165) is 0 Å². The van der Waals surface area contributed by atoms with Crippen molar-refractivity contribution in [2.45, 2.75) is 56.6 Å². The molecule has 3 amide bonds. The second kappa shape index (κ2) is 12.0. The van der Waals surface area contributed by atoms with Crippen LogP contribution in [0, 0.1) is 0 Å². The molecule has 0 aromatic rings. The molecule has 0 aromatic heterocycles. The van der Waals surface area contributed by atoms with Crippen molar-refractivity contribution in [3.05, 3.63) is 11.9 Å². The summed E-state index contributed by atoms with van der Waals surface area (Å²) in [6.07, 6.45) is -6.76. The summed E-state index contributed by atoms with van der Waals surface area (Å²) in [5, 5.41) is 38.4. The fourth-order valence-electron chi connectivity index (χ4n) is 3.15. The second-order valence-electron chi connectivity index (χ2n) is 7.44. The number of aliphatic hydroxyl groups excluding tert-OH is 3. The van der Waals surface area contributed by atoms with Crippen LogP contribution in [-0.4, -0.2) is 95.1 Å². The number of carbonyl (C=O) groups is 3. The van der Waals surface area contributed by atoms with E-state index in [9.17, 15) is 37.8 Å². The molecule has 2 rings (SSSR count). The molecular formula is C18H28F3N5O7. The minimum atomic E-state index is -4.96. The summed E-state index contributed by atoms with van der Waals surface area (Å²) in [5.41, 5.74) is 0.0676. The summed E-state index contributed by atoms with van der Waals surface area (Å²) in [4.78, 5) is 35.8. The number of hydrogen-bond acceptors (Lipinski definition) is 9. The number of carbonyl (C=O) groups excluding carboxylic acids is 3. The molecule has 12 nitrogen and oxygen atoms in total. The van der Waals surface area contributed by atoms with Gasteiger partial charge < -0.3 is 46.2 Å². The first kappa shape index (κ1) is 26.6. The Bertz CT molecular complexity index is 737. The molecular weight excluding hydrogens is 455 g/mol. The third kappa shape index (κ3) is 8.03. The number of nitrogens with one attached hydrogen (secondary N) is 4.